The summed E-state index contributed by atoms with van der Waals surface area (Å²) in [7, 11) is 0. The number of alkyl halides is 3. The van der Waals surface area contributed by atoms with Crippen LogP contribution < -0.4 is 5.32 Å². The summed E-state index contributed by atoms with van der Waals surface area (Å²) in [5, 5.41) is 11.5. The van der Waals surface area contributed by atoms with E-state index in [-0.39, 0.29) is 11.1 Å². The van der Waals surface area contributed by atoms with Gasteiger partial charge >= 0.3 is 6.18 Å². The average Bonchev–Trinajstić information content (AvgIpc) is 3.08. The van der Waals surface area contributed by atoms with Crippen molar-refractivity contribution in [2.75, 3.05) is 6.61 Å². The third-order valence-electron chi connectivity index (χ3n) is 3.07. The van der Waals surface area contributed by atoms with Crippen LogP contribution in [-0.4, -0.2) is 23.2 Å². The Hall–Kier alpha value is -1.08. The minimum absolute atomic E-state index is 0.250. The average molecular weight is 338 g/mol. The SMILES string of the molecule is O=C(NC1(CO)CC1)c1ccc(Br)cc1C(F)(F)F. The van der Waals surface area contributed by atoms with Gasteiger partial charge in [0, 0.05) is 4.47 Å². The Morgan fingerprint density at radius 1 is 1.42 bits per heavy atom. The molecular weight excluding hydrogens is 327 g/mol. The number of halogens is 4. The van der Waals surface area contributed by atoms with E-state index in [4.69, 9.17) is 5.11 Å². The zero-order valence-electron chi connectivity index (χ0n) is 9.72. The van der Waals surface area contributed by atoms with Gasteiger partial charge in [-0.05, 0) is 31.0 Å². The second kappa shape index (κ2) is 4.79. The van der Waals surface area contributed by atoms with Crippen LogP contribution in [0.5, 0.6) is 0 Å². The third kappa shape index (κ3) is 3.09. The van der Waals surface area contributed by atoms with Crippen LogP contribution in [-0.2, 0) is 6.18 Å². The van der Waals surface area contributed by atoms with Crippen molar-refractivity contribution in [2.24, 2.45) is 0 Å². The van der Waals surface area contributed by atoms with Crippen LogP contribution in [0.3, 0.4) is 0 Å². The van der Waals surface area contributed by atoms with Crippen LogP contribution in [0.15, 0.2) is 22.7 Å². The first-order chi connectivity index (χ1) is 8.77. The molecule has 3 nitrogen and oxygen atoms in total. The van der Waals surface area contributed by atoms with Crippen molar-refractivity contribution in [1.82, 2.24) is 5.32 Å². The van der Waals surface area contributed by atoms with Gasteiger partial charge in [-0.3, -0.25) is 4.79 Å². The lowest BCUT2D eigenvalue weighted by Crippen LogP contribution is -2.40. The van der Waals surface area contributed by atoms with Crippen LogP contribution >= 0.6 is 15.9 Å². The molecule has 0 aliphatic heterocycles. The molecule has 1 fully saturated rings. The molecule has 0 spiro atoms. The van der Waals surface area contributed by atoms with E-state index in [1.807, 2.05) is 0 Å². The number of hydrogen-bond donors (Lipinski definition) is 2. The predicted octanol–water partition coefficient (Wildman–Crippen LogP) is 2.72. The highest BCUT2D eigenvalue weighted by molar-refractivity contribution is 9.10. The fourth-order valence-electron chi connectivity index (χ4n) is 1.73. The van der Waals surface area contributed by atoms with Gasteiger partial charge in [0.1, 0.15) is 0 Å². The molecule has 0 atom stereocenters. The lowest BCUT2D eigenvalue weighted by molar-refractivity contribution is -0.138. The summed E-state index contributed by atoms with van der Waals surface area (Å²) in [6, 6.07) is 3.37. The molecule has 0 bridgehead atoms. The van der Waals surface area contributed by atoms with Crippen LogP contribution in [0.1, 0.15) is 28.8 Å². The van der Waals surface area contributed by atoms with E-state index in [1.165, 1.54) is 6.07 Å². The van der Waals surface area contributed by atoms with Gasteiger partial charge in [-0.2, -0.15) is 13.2 Å². The van der Waals surface area contributed by atoms with Gasteiger partial charge in [0.15, 0.2) is 0 Å². The fourth-order valence-corrected chi connectivity index (χ4v) is 2.09. The molecule has 1 aliphatic rings. The van der Waals surface area contributed by atoms with Gasteiger partial charge in [0.25, 0.3) is 5.91 Å². The molecule has 2 rings (SSSR count). The van der Waals surface area contributed by atoms with Gasteiger partial charge < -0.3 is 10.4 Å². The number of rotatable bonds is 3. The Kier molecular flexibility index (Phi) is 3.61. The van der Waals surface area contributed by atoms with Gasteiger partial charge in [0.2, 0.25) is 0 Å². The maximum absolute atomic E-state index is 12.9. The molecule has 2 N–H and O–H groups in total. The van der Waals surface area contributed by atoms with Crippen molar-refractivity contribution >= 4 is 21.8 Å². The fraction of sp³-hybridized carbons (Fsp3) is 0.417. The maximum atomic E-state index is 12.9. The Morgan fingerprint density at radius 3 is 2.53 bits per heavy atom. The number of hydrogen-bond acceptors (Lipinski definition) is 2. The van der Waals surface area contributed by atoms with E-state index in [9.17, 15) is 18.0 Å². The molecule has 1 amide bonds. The van der Waals surface area contributed by atoms with Crippen LogP contribution in [0.4, 0.5) is 13.2 Å². The van der Waals surface area contributed by atoms with E-state index < -0.39 is 28.7 Å². The molecular formula is C12H11BrF3NO2. The number of amides is 1. The van der Waals surface area contributed by atoms with Crippen molar-refractivity contribution in [2.45, 2.75) is 24.6 Å². The van der Waals surface area contributed by atoms with Crippen molar-refractivity contribution in [3.05, 3.63) is 33.8 Å². The summed E-state index contributed by atoms with van der Waals surface area (Å²) in [5.74, 6) is -0.814. The van der Waals surface area contributed by atoms with Crippen molar-refractivity contribution in [1.29, 1.82) is 0 Å². The number of benzene rings is 1. The highest BCUT2D eigenvalue weighted by atomic mass is 79.9. The van der Waals surface area contributed by atoms with E-state index in [2.05, 4.69) is 21.2 Å². The van der Waals surface area contributed by atoms with E-state index >= 15 is 0 Å². The van der Waals surface area contributed by atoms with E-state index in [0.717, 1.165) is 12.1 Å². The lowest BCUT2D eigenvalue weighted by Gasteiger charge is -2.17. The molecule has 0 radical (unpaired) electrons. The largest absolute Gasteiger partial charge is 0.417 e. The molecule has 0 heterocycles. The molecule has 0 aromatic heterocycles. The topological polar surface area (TPSA) is 49.3 Å². The monoisotopic (exact) mass is 337 g/mol. The molecule has 1 aromatic rings. The number of nitrogens with one attached hydrogen (secondary N) is 1. The summed E-state index contributed by atoms with van der Waals surface area (Å²) in [6.45, 7) is -0.267. The molecule has 1 aromatic carbocycles. The second-order valence-corrected chi connectivity index (χ2v) is 5.50. The van der Waals surface area contributed by atoms with Crippen molar-refractivity contribution in [3.63, 3.8) is 0 Å². The Labute approximate surface area is 115 Å². The summed E-state index contributed by atoms with van der Waals surface area (Å²) < 4.78 is 38.9. The van der Waals surface area contributed by atoms with Crippen molar-refractivity contribution in [3.8, 4) is 0 Å². The highest BCUT2D eigenvalue weighted by Gasteiger charge is 2.44. The predicted molar refractivity (Wildman–Crippen MR) is 65.7 cm³/mol. The smallest absolute Gasteiger partial charge is 0.394 e. The first kappa shape index (κ1) is 14.3. The summed E-state index contributed by atoms with van der Waals surface area (Å²) >= 11 is 2.95. The quantitative estimate of drug-likeness (QED) is 0.890. The Morgan fingerprint density at radius 2 is 2.05 bits per heavy atom. The molecule has 0 unspecified atom stereocenters. The molecule has 104 valence electrons. The van der Waals surface area contributed by atoms with Gasteiger partial charge in [0.05, 0.1) is 23.3 Å². The Balaban J connectivity index is 2.31. The number of carbonyl (C=O) groups is 1. The normalized spacial score (nSPS) is 17.1. The van der Waals surface area contributed by atoms with Crippen LogP contribution in [0.2, 0.25) is 0 Å². The molecule has 1 aliphatic carbocycles. The third-order valence-corrected chi connectivity index (χ3v) is 3.56. The highest BCUT2D eigenvalue weighted by Crippen LogP contribution is 2.37. The summed E-state index contributed by atoms with van der Waals surface area (Å²) in [5.41, 5.74) is -2.17. The van der Waals surface area contributed by atoms with Gasteiger partial charge in [-0.15, -0.1) is 0 Å². The van der Waals surface area contributed by atoms with E-state index in [0.29, 0.717) is 12.8 Å². The first-order valence-electron chi connectivity index (χ1n) is 5.57. The number of aliphatic hydroxyl groups excluding tert-OH is 1. The summed E-state index contributed by atoms with van der Waals surface area (Å²) in [6.07, 6.45) is -3.45. The zero-order valence-corrected chi connectivity index (χ0v) is 11.3. The minimum atomic E-state index is -4.60. The Bertz CT molecular complexity index is 512. The van der Waals surface area contributed by atoms with Crippen LogP contribution in [0, 0.1) is 0 Å². The molecule has 19 heavy (non-hydrogen) atoms. The molecule has 1 saturated carbocycles. The molecule has 0 saturated heterocycles. The second-order valence-electron chi connectivity index (χ2n) is 4.58. The lowest BCUT2D eigenvalue weighted by atomic mass is 10.1. The van der Waals surface area contributed by atoms with Crippen LogP contribution in [0.25, 0.3) is 0 Å². The van der Waals surface area contributed by atoms with Crippen molar-refractivity contribution < 1.29 is 23.1 Å². The molecule has 7 heteroatoms. The maximum Gasteiger partial charge on any atom is 0.417 e. The van der Waals surface area contributed by atoms with E-state index in [1.54, 1.807) is 0 Å². The standard InChI is InChI=1S/C12H11BrF3NO2/c13-7-1-2-8(9(5-7)12(14,15)16)10(19)17-11(6-18)3-4-11/h1-2,5,18H,3-4,6H2,(H,17,19). The number of carbonyl (C=O) groups excluding carboxylic acids is 1. The first-order valence-corrected chi connectivity index (χ1v) is 6.37. The zero-order chi connectivity index (χ0) is 14.3. The minimum Gasteiger partial charge on any atom is -0.394 e. The van der Waals surface area contributed by atoms with Gasteiger partial charge in [-0.25, -0.2) is 0 Å². The van der Waals surface area contributed by atoms with Gasteiger partial charge in [-0.1, -0.05) is 15.9 Å². The summed E-state index contributed by atoms with van der Waals surface area (Å²) in [4.78, 5) is 11.9. The number of aliphatic hydroxyl groups is 1.